The molecule has 0 bridgehead atoms. The maximum absolute atomic E-state index is 5.57. The highest BCUT2D eigenvalue weighted by molar-refractivity contribution is 14.1. The Morgan fingerprint density at radius 2 is 1.91 bits per heavy atom. The molecule has 62 valence electrons. The summed E-state index contributed by atoms with van der Waals surface area (Å²) in [6.07, 6.45) is 0. The first-order valence-electron chi connectivity index (χ1n) is 3.56. The largest absolute Gasteiger partial charge is 0.487 e. The summed E-state index contributed by atoms with van der Waals surface area (Å²) in [7, 11) is -0.258. The normalized spacial score (nSPS) is 35.8. The lowest BCUT2D eigenvalue weighted by molar-refractivity contribution is 0.0726. The van der Waals surface area contributed by atoms with Gasteiger partial charge >= 0.3 is 7.12 Å². The summed E-state index contributed by atoms with van der Waals surface area (Å²) < 4.78 is 10.9. The molecule has 0 spiro atoms. The second-order valence-electron chi connectivity index (χ2n) is 3.27. The molecule has 1 fully saturated rings. The van der Waals surface area contributed by atoms with Gasteiger partial charge in [-0.15, -0.1) is 6.58 Å². The van der Waals surface area contributed by atoms with E-state index in [-0.39, 0.29) is 16.3 Å². The average molecular weight is 266 g/mol. The van der Waals surface area contributed by atoms with Gasteiger partial charge in [-0.05, 0) is 43.4 Å². The van der Waals surface area contributed by atoms with Crippen molar-refractivity contribution in [2.24, 2.45) is 0 Å². The van der Waals surface area contributed by atoms with Gasteiger partial charge in [0.2, 0.25) is 0 Å². The third kappa shape index (κ3) is 1.62. The Bertz CT molecular complexity index is 163. The quantitative estimate of drug-likeness (QED) is 0.411. The summed E-state index contributed by atoms with van der Waals surface area (Å²) >= 11 is 2.25. The zero-order valence-corrected chi connectivity index (χ0v) is 9.21. The van der Waals surface area contributed by atoms with E-state index in [1.807, 2.05) is 20.8 Å². The highest BCUT2D eigenvalue weighted by Crippen LogP contribution is 2.42. The molecule has 1 aliphatic heterocycles. The fraction of sp³-hybridized carbons (Fsp3) is 0.714. The molecule has 0 aliphatic carbocycles. The average Bonchev–Trinajstić information content (AvgIpc) is 2.03. The summed E-state index contributed by atoms with van der Waals surface area (Å²) in [6.45, 7) is 9.67. The van der Waals surface area contributed by atoms with E-state index in [0.29, 0.717) is 0 Å². The third-order valence-corrected chi connectivity index (χ3v) is 3.57. The van der Waals surface area contributed by atoms with Crippen LogP contribution >= 0.6 is 22.6 Å². The molecule has 4 heteroatoms. The molecule has 1 saturated heterocycles. The highest BCUT2D eigenvalue weighted by Gasteiger charge is 2.51. The van der Waals surface area contributed by atoms with Crippen molar-refractivity contribution in [2.45, 2.75) is 30.0 Å². The predicted octanol–water partition coefficient (Wildman–Crippen LogP) is 2.18. The molecule has 1 heterocycles. The van der Waals surface area contributed by atoms with Gasteiger partial charge < -0.3 is 9.31 Å². The van der Waals surface area contributed by atoms with Gasteiger partial charge in [0.1, 0.15) is 3.61 Å². The molecule has 0 aromatic carbocycles. The van der Waals surface area contributed by atoms with Crippen LogP contribution in [0.2, 0.25) is 0 Å². The monoisotopic (exact) mass is 266 g/mol. The first kappa shape index (κ1) is 9.54. The molecule has 0 N–H and O–H groups in total. The van der Waals surface area contributed by atoms with E-state index >= 15 is 0 Å². The molecule has 0 saturated carbocycles. The van der Waals surface area contributed by atoms with Gasteiger partial charge in [-0.1, -0.05) is 5.98 Å². The molecule has 1 aliphatic rings. The van der Waals surface area contributed by atoms with Gasteiger partial charge in [0.25, 0.3) is 0 Å². The lowest BCUT2D eigenvalue weighted by Crippen LogP contribution is -2.38. The molecule has 0 aromatic rings. The van der Waals surface area contributed by atoms with E-state index in [1.54, 1.807) is 5.98 Å². The Labute approximate surface area is 81.6 Å². The van der Waals surface area contributed by atoms with Crippen molar-refractivity contribution in [2.75, 3.05) is 0 Å². The predicted molar refractivity (Wildman–Crippen MR) is 54.6 cm³/mol. The summed E-state index contributed by atoms with van der Waals surface area (Å²) in [6, 6.07) is 0. The number of rotatable bonds is 1. The minimum atomic E-state index is -0.260. The molecule has 11 heavy (non-hydrogen) atoms. The summed E-state index contributed by atoms with van der Waals surface area (Å²) in [5.41, 5.74) is -0.244. The zero-order chi connectivity index (χ0) is 8.70. The van der Waals surface area contributed by atoms with Crippen molar-refractivity contribution >= 4 is 29.7 Å². The molecule has 0 aromatic heterocycles. The fourth-order valence-electron chi connectivity index (χ4n) is 0.876. The standard InChI is InChI=1S/C7H12BIO2/c1-5-8-10-6(2,3)7(4,9)11-8/h5H,1H2,2-4H3. The number of hydrogen-bond acceptors (Lipinski definition) is 2. The number of halogens is 1. The maximum atomic E-state index is 5.57. The van der Waals surface area contributed by atoms with Crippen molar-refractivity contribution in [1.29, 1.82) is 0 Å². The maximum Gasteiger partial charge on any atom is 0.487 e. The lowest BCUT2D eigenvalue weighted by Gasteiger charge is -2.30. The van der Waals surface area contributed by atoms with Crippen molar-refractivity contribution in [3.8, 4) is 0 Å². The molecule has 0 radical (unpaired) electrons. The van der Waals surface area contributed by atoms with E-state index in [2.05, 4.69) is 29.2 Å². The van der Waals surface area contributed by atoms with Crippen LogP contribution in [0.1, 0.15) is 20.8 Å². The van der Waals surface area contributed by atoms with Crippen LogP contribution in [0.15, 0.2) is 12.6 Å². The fourth-order valence-corrected chi connectivity index (χ4v) is 1.25. The number of hydrogen-bond donors (Lipinski definition) is 0. The Hall–Kier alpha value is 0.455. The van der Waals surface area contributed by atoms with Gasteiger partial charge in [-0.3, -0.25) is 0 Å². The van der Waals surface area contributed by atoms with E-state index in [9.17, 15) is 0 Å². The van der Waals surface area contributed by atoms with Crippen molar-refractivity contribution in [3.05, 3.63) is 12.6 Å². The Balaban J connectivity index is 2.79. The summed E-state index contributed by atoms with van der Waals surface area (Å²) in [5.74, 6) is 1.67. The second-order valence-corrected chi connectivity index (χ2v) is 5.33. The first-order valence-corrected chi connectivity index (χ1v) is 4.64. The molecule has 1 unspecified atom stereocenters. The smallest absolute Gasteiger partial charge is 0.399 e. The van der Waals surface area contributed by atoms with Crippen molar-refractivity contribution in [3.63, 3.8) is 0 Å². The molecule has 2 nitrogen and oxygen atoms in total. The minimum absolute atomic E-state index is 0.244. The lowest BCUT2D eigenvalue weighted by atomic mass is 9.92. The van der Waals surface area contributed by atoms with Crippen LogP contribution in [0.4, 0.5) is 0 Å². The van der Waals surface area contributed by atoms with Gasteiger partial charge in [-0.2, -0.15) is 0 Å². The Morgan fingerprint density at radius 3 is 2.09 bits per heavy atom. The Kier molecular flexibility index (Phi) is 2.38. The van der Waals surface area contributed by atoms with Crippen LogP contribution in [-0.4, -0.2) is 16.3 Å². The van der Waals surface area contributed by atoms with Gasteiger partial charge in [-0.25, -0.2) is 0 Å². The molecular formula is C7H12BIO2. The van der Waals surface area contributed by atoms with Gasteiger partial charge in [0.15, 0.2) is 0 Å². The van der Waals surface area contributed by atoms with Crippen LogP contribution in [0, 0.1) is 0 Å². The van der Waals surface area contributed by atoms with E-state index in [4.69, 9.17) is 9.31 Å². The highest BCUT2D eigenvalue weighted by atomic mass is 127. The molecule has 1 atom stereocenters. The second kappa shape index (κ2) is 2.74. The van der Waals surface area contributed by atoms with Crippen molar-refractivity contribution < 1.29 is 9.31 Å². The first-order chi connectivity index (χ1) is 4.89. The minimum Gasteiger partial charge on any atom is -0.399 e. The van der Waals surface area contributed by atoms with Gasteiger partial charge in [0, 0.05) is 0 Å². The summed E-state index contributed by atoms with van der Waals surface area (Å²) in [5, 5.41) is 0. The van der Waals surface area contributed by atoms with Crippen LogP contribution in [0.3, 0.4) is 0 Å². The van der Waals surface area contributed by atoms with E-state index in [0.717, 1.165) is 0 Å². The topological polar surface area (TPSA) is 18.5 Å². The van der Waals surface area contributed by atoms with Gasteiger partial charge in [0.05, 0.1) is 5.60 Å². The zero-order valence-electron chi connectivity index (χ0n) is 7.06. The number of alkyl halides is 1. The third-order valence-electron chi connectivity index (χ3n) is 2.02. The Morgan fingerprint density at radius 1 is 1.36 bits per heavy atom. The van der Waals surface area contributed by atoms with E-state index in [1.165, 1.54) is 0 Å². The van der Waals surface area contributed by atoms with Crippen LogP contribution < -0.4 is 0 Å². The van der Waals surface area contributed by atoms with Crippen molar-refractivity contribution in [1.82, 2.24) is 0 Å². The summed E-state index contributed by atoms with van der Waals surface area (Å²) in [4.78, 5) is 0. The molecular weight excluding hydrogens is 254 g/mol. The SMILES string of the molecule is C=CB1OC(C)(C)C(C)(I)O1. The van der Waals surface area contributed by atoms with Crippen LogP contribution in [0.25, 0.3) is 0 Å². The molecule has 1 rings (SSSR count). The van der Waals surface area contributed by atoms with E-state index < -0.39 is 0 Å². The van der Waals surface area contributed by atoms with Crippen LogP contribution in [-0.2, 0) is 9.31 Å². The van der Waals surface area contributed by atoms with Crippen LogP contribution in [0.5, 0.6) is 0 Å². The molecule has 0 amide bonds.